The van der Waals surface area contributed by atoms with Gasteiger partial charge in [0.25, 0.3) is 0 Å². The van der Waals surface area contributed by atoms with Crippen LogP contribution in [0.5, 0.6) is 0 Å². The number of aromatic nitrogens is 1. The quantitative estimate of drug-likeness (QED) is 0.643. The van der Waals surface area contributed by atoms with Gasteiger partial charge in [-0.3, -0.25) is 4.98 Å². The lowest BCUT2D eigenvalue weighted by Crippen LogP contribution is -2.36. The van der Waals surface area contributed by atoms with E-state index < -0.39 is 0 Å². The van der Waals surface area contributed by atoms with Crippen molar-refractivity contribution in [1.82, 2.24) is 4.98 Å². The van der Waals surface area contributed by atoms with Crippen LogP contribution in [0.25, 0.3) is 5.57 Å². The van der Waals surface area contributed by atoms with E-state index >= 15 is 0 Å². The Morgan fingerprint density at radius 3 is 2.88 bits per heavy atom. The summed E-state index contributed by atoms with van der Waals surface area (Å²) in [5.74, 6) is 2.41. The topological polar surface area (TPSA) is 22.1 Å². The lowest BCUT2D eigenvalue weighted by atomic mass is 9.60. The number of nitrogens with zero attached hydrogens (tertiary/aromatic N) is 1. The summed E-state index contributed by atoms with van der Waals surface area (Å²) in [7, 11) is 0. The number of rotatable bonds is 4. The molecule has 4 rings (SSSR count). The van der Waals surface area contributed by atoms with Crippen LogP contribution >= 0.6 is 0 Å². The third kappa shape index (κ3) is 3.38. The van der Waals surface area contributed by atoms with E-state index in [1.807, 2.05) is 6.20 Å². The number of aryl methyl sites for hydroxylation is 1. The molecule has 2 aliphatic carbocycles. The zero-order valence-electron chi connectivity index (χ0n) is 16.8. The second kappa shape index (κ2) is 7.46. The van der Waals surface area contributed by atoms with Crippen molar-refractivity contribution >= 4 is 5.57 Å². The average molecular weight is 354 g/mol. The van der Waals surface area contributed by atoms with Gasteiger partial charge in [0.1, 0.15) is 0 Å². The van der Waals surface area contributed by atoms with Gasteiger partial charge < -0.3 is 4.74 Å². The Balaban J connectivity index is 1.46. The van der Waals surface area contributed by atoms with Crippen LogP contribution in [0.1, 0.15) is 76.3 Å². The zero-order valence-corrected chi connectivity index (χ0v) is 16.8. The molecule has 142 valence electrons. The second-order valence-corrected chi connectivity index (χ2v) is 9.39. The molecule has 0 radical (unpaired) electrons. The lowest BCUT2D eigenvalue weighted by molar-refractivity contribution is -0.0318. The highest BCUT2D eigenvalue weighted by atomic mass is 16.5. The van der Waals surface area contributed by atoms with Crippen LogP contribution in [0.3, 0.4) is 0 Å². The zero-order chi connectivity index (χ0) is 18.1. The van der Waals surface area contributed by atoms with Gasteiger partial charge in [0.05, 0.1) is 6.10 Å². The van der Waals surface area contributed by atoms with E-state index in [0.29, 0.717) is 11.5 Å². The minimum absolute atomic E-state index is 0.345. The van der Waals surface area contributed by atoms with E-state index in [1.54, 1.807) is 5.57 Å². The van der Waals surface area contributed by atoms with Crippen LogP contribution in [0.4, 0.5) is 0 Å². The fourth-order valence-corrected chi connectivity index (χ4v) is 6.13. The summed E-state index contributed by atoms with van der Waals surface area (Å²) in [6.07, 6.45) is 17.7. The number of pyridine rings is 1. The molecule has 0 aromatic carbocycles. The third-order valence-corrected chi connectivity index (χ3v) is 7.63. The molecular formula is C24H35NO. The molecule has 2 heterocycles. The molecule has 5 atom stereocenters. The first-order valence-electron chi connectivity index (χ1n) is 10.8. The SMILES string of the molecule is Cc1cncc(C2=CCC3C(CCC4OCCCC4C)CCCC23C)c1. The predicted octanol–water partition coefficient (Wildman–Crippen LogP) is 6.20. The van der Waals surface area contributed by atoms with E-state index in [1.165, 1.54) is 62.5 Å². The molecule has 5 unspecified atom stereocenters. The van der Waals surface area contributed by atoms with Crippen LogP contribution < -0.4 is 0 Å². The highest BCUT2D eigenvalue weighted by Crippen LogP contribution is 2.58. The molecule has 1 aromatic rings. The van der Waals surface area contributed by atoms with Crippen molar-refractivity contribution in [2.45, 2.75) is 78.2 Å². The van der Waals surface area contributed by atoms with Crippen LogP contribution in [0, 0.1) is 30.1 Å². The molecule has 0 bridgehead atoms. The fourth-order valence-electron chi connectivity index (χ4n) is 6.13. The second-order valence-electron chi connectivity index (χ2n) is 9.39. The molecule has 1 saturated carbocycles. The Morgan fingerprint density at radius 2 is 2.08 bits per heavy atom. The summed E-state index contributed by atoms with van der Waals surface area (Å²) >= 11 is 0. The normalized spacial score (nSPS) is 37.3. The first-order chi connectivity index (χ1) is 12.6. The van der Waals surface area contributed by atoms with Crippen LogP contribution in [0.2, 0.25) is 0 Å². The van der Waals surface area contributed by atoms with E-state index in [4.69, 9.17) is 4.74 Å². The van der Waals surface area contributed by atoms with E-state index in [0.717, 1.165) is 24.4 Å². The maximum absolute atomic E-state index is 6.10. The summed E-state index contributed by atoms with van der Waals surface area (Å²) < 4.78 is 6.10. The summed E-state index contributed by atoms with van der Waals surface area (Å²) in [5.41, 5.74) is 4.55. The number of ether oxygens (including phenoxy) is 1. The molecule has 2 nitrogen and oxygen atoms in total. The van der Waals surface area contributed by atoms with Gasteiger partial charge in [-0.05, 0) is 91.4 Å². The highest BCUT2D eigenvalue weighted by Gasteiger charge is 2.47. The van der Waals surface area contributed by atoms with Gasteiger partial charge in [-0.25, -0.2) is 0 Å². The first kappa shape index (κ1) is 18.2. The van der Waals surface area contributed by atoms with Crippen molar-refractivity contribution in [2.24, 2.45) is 23.2 Å². The van der Waals surface area contributed by atoms with Gasteiger partial charge in [0.15, 0.2) is 0 Å². The van der Waals surface area contributed by atoms with Gasteiger partial charge in [-0.1, -0.05) is 32.8 Å². The predicted molar refractivity (Wildman–Crippen MR) is 108 cm³/mol. The Morgan fingerprint density at radius 1 is 1.19 bits per heavy atom. The smallest absolute Gasteiger partial charge is 0.0600 e. The summed E-state index contributed by atoms with van der Waals surface area (Å²) in [4.78, 5) is 4.47. The number of hydrogen-bond acceptors (Lipinski definition) is 2. The summed E-state index contributed by atoms with van der Waals surface area (Å²) in [6, 6.07) is 2.33. The standard InChI is InChI=1S/C24H35NO/c1-17-14-20(16-25-15-17)22-10-9-21-19(7-4-12-24(21,22)3)8-11-23-18(2)6-5-13-26-23/h10,14-16,18-19,21,23H,4-9,11-13H2,1-3H3. The highest BCUT2D eigenvalue weighted by molar-refractivity contribution is 5.72. The average Bonchev–Trinajstić information content (AvgIpc) is 2.98. The van der Waals surface area contributed by atoms with Crippen molar-refractivity contribution in [3.8, 4) is 0 Å². The molecule has 0 N–H and O–H groups in total. The van der Waals surface area contributed by atoms with Crippen LogP contribution in [-0.4, -0.2) is 17.7 Å². The lowest BCUT2D eigenvalue weighted by Gasteiger charge is -2.45. The molecule has 2 fully saturated rings. The van der Waals surface area contributed by atoms with Gasteiger partial charge >= 0.3 is 0 Å². The Kier molecular flexibility index (Phi) is 5.23. The number of allylic oxidation sites excluding steroid dienone is 2. The van der Waals surface area contributed by atoms with Crippen LogP contribution in [-0.2, 0) is 4.74 Å². The van der Waals surface area contributed by atoms with Gasteiger partial charge in [0.2, 0.25) is 0 Å². The van der Waals surface area contributed by atoms with Crippen molar-refractivity contribution in [1.29, 1.82) is 0 Å². The van der Waals surface area contributed by atoms with E-state index in [2.05, 4.69) is 44.1 Å². The van der Waals surface area contributed by atoms with Gasteiger partial charge in [0, 0.05) is 19.0 Å². The van der Waals surface area contributed by atoms with Crippen molar-refractivity contribution in [3.63, 3.8) is 0 Å². The number of hydrogen-bond donors (Lipinski definition) is 0. The summed E-state index contributed by atoms with van der Waals surface area (Å²) in [5, 5.41) is 0. The molecule has 1 aromatic heterocycles. The monoisotopic (exact) mass is 353 g/mol. The van der Waals surface area contributed by atoms with Crippen molar-refractivity contribution in [2.75, 3.05) is 6.61 Å². The minimum Gasteiger partial charge on any atom is -0.378 e. The molecular weight excluding hydrogens is 318 g/mol. The van der Waals surface area contributed by atoms with Crippen LogP contribution in [0.15, 0.2) is 24.5 Å². The molecule has 1 aliphatic heterocycles. The fraction of sp³-hybridized carbons (Fsp3) is 0.708. The molecule has 0 amide bonds. The first-order valence-corrected chi connectivity index (χ1v) is 10.8. The Hall–Kier alpha value is -1.15. The molecule has 1 saturated heterocycles. The van der Waals surface area contributed by atoms with Crippen molar-refractivity contribution < 1.29 is 4.74 Å². The third-order valence-electron chi connectivity index (χ3n) is 7.63. The summed E-state index contributed by atoms with van der Waals surface area (Å²) in [6.45, 7) is 8.05. The molecule has 26 heavy (non-hydrogen) atoms. The van der Waals surface area contributed by atoms with Crippen molar-refractivity contribution in [3.05, 3.63) is 35.7 Å². The van der Waals surface area contributed by atoms with E-state index in [-0.39, 0.29) is 0 Å². The van der Waals surface area contributed by atoms with E-state index in [9.17, 15) is 0 Å². The molecule has 3 aliphatic rings. The number of fused-ring (bicyclic) bond motifs is 1. The molecule has 2 heteroatoms. The van der Waals surface area contributed by atoms with Gasteiger partial charge in [-0.2, -0.15) is 0 Å². The molecule has 0 spiro atoms. The maximum atomic E-state index is 6.10. The minimum atomic E-state index is 0.345. The maximum Gasteiger partial charge on any atom is 0.0600 e. The Bertz CT molecular complexity index is 666. The van der Waals surface area contributed by atoms with Gasteiger partial charge in [-0.15, -0.1) is 0 Å². The Labute approximate surface area is 159 Å². The largest absolute Gasteiger partial charge is 0.378 e.